The van der Waals surface area contributed by atoms with E-state index in [1.54, 1.807) is 12.0 Å². The molecule has 3 saturated carbocycles. The molecular weight excluding hydrogens is 717 g/mol. The van der Waals surface area contributed by atoms with Gasteiger partial charge in [-0.05, 0) is 122 Å². The molecule has 2 amide bonds. The number of nitrogens with zero attached hydrogens (tertiary/aromatic N) is 6. The Bertz CT molecular complexity index is 1940. The van der Waals surface area contributed by atoms with Gasteiger partial charge in [-0.15, -0.1) is 0 Å². The largest absolute Gasteiger partial charge is 0.393 e. The summed E-state index contributed by atoms with van der Waals surface area (Å²) in [6.45, 7) is 11.6. The van der Waals surface area contributed by atoms with Crippen LogP contribution in [0, 0.1) is 36.0 Å². The second-order valence-electron chi connectivity index (χ2n) is 17.8. The predicted molar refractivity (Wildman–Crippen MR) is 225 cm³/mol. The van der Waals surface area contributed by atoms with Crippen molar-refractivity contribution < 1.29 is 19.5 Å². The average molecular weight is 779 g/mol. The average Bonchev–Trinajstić information content (AvgIpc) is 3.53. The van der Waals surface area contributed by atoms with E-state index in [2.05, 4.69) is 70.6 Å². The summed E-state index contributed by atoms with van der Waals surface area (Å²) < 4.78 is 0. The van der Waals surface area contributed by atoms with E-state index >= 15 is 0 Å². The van der Waals surface area contributed by atoms with Crippen molar-refractivity contribution in [1.29, 1.82) is 0 Å². The first kappa shape index (κ1) is 42.2. The first-order valence-corrected chi connectivity index (χ1v) is 20.4. The van der Waals surface area contributed by atoms with Crippen LogP contribution in [0.4, 0.5) is 5.69 Å². The summed E-state index contributed by atoms with van der Waals surface area (Å²) >= 11 is 0. The van der Waals surface area contributed by atoms with Gasteiger partial charge >= 0.3 is 0 Å². The molecule has 1 saturated heterocycles. The number of hydrogen-bond donors (Lipinski definition) is 3. The molecule has 12 nitrogen and oxygen atoms in total. The van der Waals surface area contributed by atoms with E-state index in [0.717, 1.165) is 39.9 Å². The standard InChI is InChI=1S/C45H62N8O4/c1-27-31(25-53-42(41(29(3)54)40(57-53)24-47-50-46)44(56)49-39-23-34-22-38(28(39)2)45(34,4)5)16-13-17-37(27)32-19-33(21-36(20-32)52(8)9)43(55)48-35(26-51(6)7)18-30-14-11-10-12-15-30/h10-17,19-21,28-29,34-35,38-42,54H,18,22-26H2,1-9H3,(H,48,55)(H,49,56)/t28-,29-,34+,35-,38-,39?,40-,41+,42-/m0/s1. The molecule has 9 atom stereocenters. The van der Waals surface area contributed by atoms with E-state index in [-0.39, 0.29) is 42.4 Å². The monoisotopic (exact) mass is 778 g/mol. The Labute approximate surface area is 338 Å². The Hall–Kier alpha value is -4.45. The van der Waals surface area contributed by atoms with Crippen LogP contribution in [0.2, 0.25) is 0 Å². The number of carbonyl (C=O) groups is 2. The summed E-state index contributed by atoms with van der Waals surface area (Å²) in [6, 6.07) is 21.4. The summed E-state index contributed by atoms with van der Waals surface area (Å²) in [5, 5.41) is 23.3. The summed E-state index contributed by atoms with van der Waals surface area (Å²) in [5.41, 5.74) is 15.8. The molecule has 1 unspecified atom stereocenters. The Balaban J connectivity index is 1.28. The maximum atomic E-state index is 14.4. The van der Waals surface area contributed by atoms with Crippen molar-refractivity contribution in [1.82, 2.24) is 20.6 Å². The molecule has 3 aromatic carbocycles. The first-order valence-electron chi connectivity index (χ1n) is 20.4. The molecular formula is C45H62N8O4. The fraction of sp³-hybridized carbons (Fsp3) is 0.556. The Morgan fingerprint density at radius 3 is 2.44 bits per heavy atom. The lowest BCUT2D eigenvalue weighted by Crippen LogP contribution is -2.62. The number of anilines is 1. The molecule has 2 bridgehead atoms. The van der Waals surface area contributed by atoms with E-state index in [9.17, 15) is 20.2 Å². The third-order valence-electron chi connectivity index (χ3n) is 13.2. The molecule has 4 fully saturated rings. The second-order valence-corrected chi connectivity index (χ2v) is 17.8. The number of nitrogens with one attached hydrogen (secondary N) is 2. The van der Waals surface area contributed by atoms with Gasteiger partial charge in [0.2, 0.25) is 5.91 Å². The molecule has 1 aliphatic heterocycles. The molecule has 57 heavy (non-hydrogen) atoms. The molecule has 0 radical (unpaired) electrons. The van der Waals surface area contributed by atoms with E-state index in [0.29, 0.717) is 36.3 Å². The number of hydrogen-bond acceptors (Lipinski definition) is 8. The predicted octanol–water partition coefficient (Wildman–Crippen LogP) is 6.61. The van der Waals surface area contributed by atoms with E-state index in [1.165, 1.54) is 6.42 Å². The number of aliphatic hydroxyl groups excluding tert-OH is 1. The van der Waals surface area contributed by atoms with Crippen molar-refractivity contribution >= 4 is 17.5 Å². The van der Waals surface area contributed by atoms with Gasteiger partial charge in [0.1, 0.15) is 6.04 Å². The number of hydroxylamine groups is 2. The van der Waals surface area contributed by atoms with Crippen molar-refractivity contribution in [2.45, 2.75) is 90.8 Å². The number of likely N-dealkylation sites (N-methyl/N-ethyl adjacent to an activating group) is 1. The zero-order valence-corrected chi connectivity index (χ0v) is 35.1. The lowest BCUT2D eigenvalue weighted by atomic mass is 9.45. The highest BCUT2D eigenvalue weighted by Gasteiger charge is 2.57. The number of carbonyl (C=O) groups excluding carboxylic acids is 2. The van der Waals surface area contributed by atoms with Crippen LogP contribution in [-0.4, -0.2) is 98.5 Å². The lowest BCUT2D eigenvalue weighted by Gasteiger charge is -2.62. The molecule has 3 N–H and O–H groups in total. The summed E-state index contributed by atoms with van der Waals surface area (Å²) in [7, 11) is 7.95. The molecule has 0 spiro atoms. The number of benzene rings is 3. The van der Waals surface area contributed by atoms with Gasteiger partial charge in [0, 0.05) is 54.8 Å². The normalized spacial score (nSPS) is 26.2. The minimum Gasteiger partial charge on any atom is -0.393 e. The Kier molecular flexibility index (Phi) is 13.0. The molecule has 12 heteroatoms. The second kappa shape index (κ2) is 17.6. The summed E-state index contributed by atoms with van der Waals surface area (Å²) in [4.78, 5) is 41.9. The number of fused-ring (bicyclic) bond motifs is 2. The molecule has 3 aromatic rings. The van der Waals surface area contributed by atoms with Crippen LogP contribution in [0.15, 0.2) is 71.8 Å². The third kappa shape index (κ3) is 9.16. The van der Waals surface area contributed by atoms with E-state index in [1.807, 2.05) is 82.5 Å². The van der Waals surface area contributed by atoms with Gasteiger partial charge in [-0.1, -0.05) is 74.4 Å². The first-order chi connectivity index (χ1) is 27.1. The van der Waals surface area contributed by atoms with Gasteiger partial charge in [0.25, 0.3) is 5.91 Å². The van der Waals surface area contributed by atoms with Crippen LogP contribution in [-0.2, 0) is 22.6 Å². The Morgan fingerprint density at radius 2 is 1.81 bits per heavy atom. The maximum Gasteiger partial charge on any atom is 0.251 e. The minimum atomic E-state index is -0.892. The number of azide groups is 1. The number of aliphatic hydroxyl groups is 1. The van der Waals surface area contributed by atoms with Crippen LogP contribution in [0.3, 0.4) is 0 Å². The molecule has 7 rings (SSSR count). The van der Waals surface area contributed by atoms with Crippen LogP contribution < -0.4 is 15.5 Å². The number of rotatable bonds is 15. The van der Waals surface area contributed by atoms with Crippen molar-refractivity contribution in [3.05, 3.63) is 99.4 Å². The van der Waals surface area contributed by atoms with Crippen molar-refractivity contribution in [2.24, 2.45) is 34.2 Å². The van der Waals surface area contributed by atoms with Gasteiger partial charge in [0.15, 0.2) is 0 Å². The van der Waals surface area contributed by atoms with Gasteiger partial charge in [0.05, 0.1) is 25.3 Å². The van der Waals surface area contributed by atoms with E-state index in [4.69, 9.17) is 4.84 Å². The van der Waals surface area contributed by atoms with Gasteiger partial charge in [-0.25, -0.2) is 0 Å². The van der Waals surface area contributed by atoms with Crippen molar-refractivity contribution in [3.63, 3.8) is 0 Å². The van der Waals surface area contributed by atoms with Gasteiger partial charge < -0.3 is 25.5 Å². The molecule has 1 heterocycles. The fourth-order valence-electron chi connectivity index (χ4n) is 9.86. The minimum absolute atomic E-state index is 0.00748. The van der Waals surface area contributed by atoms with E-state index < -0.39 is 24.2 Å². The van der Waals surface area contributed by atoms with Crippen molar-refractivity contribution in [3.8, 4) is 11.1 Å². The van der Waals surface area contributed by atoms with Crippen LogP contribution in [0.5, 0.6) is 0 Å². The quantitative estimate of drug-likeness (QED) is 0.0895. The SMILES string of the molecule is Cc1c(CN2O[C@@H](CN=[N+]=[N-])[C@@H]([C@H](C)O)[C@H]2C(=O)NC2C[C@H]3C[C@@H]([C@@H]2C)C3(C)C)cccc1-c1cc(C(=O)N[C@@H](Cc2ccccc2)CN(C)C)cc(N(C)C)c1. The van der Waals surface area contributed by atoms with Gasteiger partial charge in [-0.2, -0.15) is 5.06 Å². The Morgan fingerprint density at radius 1 is 1.07 bits per heavy atom. The summed E-state index contributed by atoms with van der Waals surface area (Å²) in [6.07, 6.45) is 1.28. The molecule has 4 aliphatic rings. The highest BCUT2D eigenvalue weighted by Crippen LogP contribution is 2.61. The molecule has 3 aliphatic carbocycles. The van der Waals surface area contributed by atoms with Crippen LogP contribution in [0.25, 0.3) is 21.6 Å². The molecule has 306 valence electrons. The number of amides is 2. The third-order valence-corrected chi connectivity index (χ3v) is 13.2. The highest BCUT2D eigenvalue weighted by molar-refractivity contribution is 5.97. The van der Waals surface area contributed by atoms with Gasteiger partial charge in [-0.3, -0.25) is 14.4 Å². The maximum absolute atomic E-state index is 14.4. The fourth-order valence-corrected chi connectivity index (χ4v) is 9.86. The lowest BCUT2D eigenvalue weighted by molar-refractivity contribution is -0.175. The topological polar surface area (TPSA) is 146 Å². The smallest absolute Gasteiger partial charge is 0.251 e. The zero-order valence-electron chi connectivity index (χ0n) is 35.1. The summed E-state index contributed by atoms with van der Waals surface area (Å²) in [5.74, 6) is 0.532. The van der Waals surface area contributed by atoms with Crippen LogP contribution >= 0.6 is 0 Å². The molecule has 0 aromatic heterocycles. The van der Waals surface area contributed by atoms with Crippen molar-refractivity contribution in [2.75, 3.05) is 46.2 Å². The zero-order chi connectivity index (χ0) is 41.2. The van der Waals surface area contributed by atoms with Crippen LogP contribution in [0.1, 0.15) is 67.6 Å². The highest BCUT2D eigenvalue weighted by atomic mass is 16.7.